The average molecular weight is 553 g/mol. The topological polar surface area (TPSA) is 152 Å². The fraction of sp³-hybridized carbons (Fsp3) is 0.462. The van der Waals surface area contributed by atoms with Crippen LogP contribution in [0.2, 0.25) is 5.02 Å². The Labute approximate surface area is 230 Å². The van der Waals surface area contributed by atoms with Crippen LogP contribution in [0.4, 0.5) is 11.6 Å². The van der Waals surface area contributed by atoms with Crippen molar-refractivity contribution in [3.63, 3.8) is 0 Å². The van der Waals surface area contributed by atoms with E-state index in [1.165, 1.54) is 11.8 Å². The first kappa shape index (κ1) is 25.6. The first-order chi connectivity index (χ1) is 18.4. The summed E-state index contributed by atoms with van der Waals surface area (Å²) in [6, 6.07) is 6.42. The molecule has 2 fully saturated rings. The number of rotatable bonds is 6. The summed E-state index contributed by atoms with van der Waals surface area (Å²) in [5.41, 5.74) is 21.1. The highest BCUT2D eigenvalue weighted by molar-refractivity contribution is 7.99. The minimum atomic E-state index is 0.126. The van der Waals surface area contributed by atoms with Crippen molar-refractivity contribution in [3.8, 4) is 0 Å². The number of nitrogens with zero attached hydrogens (tertiary/aromatic N) is 6. The number of aryl methyl sites for hydroxylation is 1. The molecular weight excluding hydrogens is 520 g/mol. The molecule has 7 N–H and O–H groups in total. The molecule has 0 amide bonds. The Morgan fingerprint density at radius 3 is 2.58 bits per heavy atom. The standard InChI is InChI=1S/C26H33ClN10S/c1-2-18-22(27)21-24(32-18)34-26(35-25(21)37-10-7-15(29)12-37)38-16-3-4-17-19(11-16)31-20(33-23(17)30)13-36-8-5-14(28)6-9-36/h3-4,11,14-15H,2,5-10,12-13,28-29H2,1H3,(H2,30,31,33)(H,32,34,35). The molecule has 200 valence electrons. The van der Waals surface area contributed by atoms with E-state index in [0.717, 1.165) is 96.0 Å². The second-order valence-electron chi connectivity index (χ2n) is 10.2. The highest BCUT2D eigenvalue weighted by Crippen LogP contribution is 2.38. The predicted molar refractivity (Wildman–Crippen MR) is 154 cm³/mol. The summed E-state index contributed by atoms with van der Waals surface area (Å²) in [4.78, 5) is 28.1. The molecule has 0 spiro atoms. The van der Waals surface area contributed by atoms with Crippen LogP contribution in [-0.2, 0) is 13.0 Å². The van der Waals surface area contributed by atoms with Crippen LogP contribution in [0.1, 0.15) is 37.7 Å². The first-order valence-corrected chi connectivity index (χ1v) is 14.4. The number of nitrogens with two attached hydrogens (primary N) is 3. The zero-order valence-corrected chi connectivity index (χ0v) is 23.0. The molecule has 2 aliphatic heterocycles. The largest absolute Gasteiger partial charge is 0.383 e. The Bertz CT molecular complexity index is 1480. The lowest BCUT2D eigenvalue weighted by Gasteiger charge is -2.29. The summed E-state index contributed by atoms with van der Waals surface area (Å²) in [6.45, 7) is 6.23. The van der Waals surface area contributed by atoms with Gasteiger partial charge in [0.25, 0.3) is 0 Å². The summed E-state index contributed by atoms with van der Waals surface area (Å²) < 4.78 is 0. The second kappa shape index (κ2) is 10.5. The van der Waals surface area contributed by atoms with Gasteiger partial charge in [0.05, 0.1) is 22.5 Å². The molecular formula is C26H33ClN10S. The SMILES string of the molecule is CCc1[nH]c2nc(Sc3ccc4c(N)nc(CN5CCC(N)CC5)nc4c3)nc(N3CCC(N)C3)c2c1Cl. The van der Waals surface area contributed by atoms with Crippen molar-refractivity contribution in [1.29, 1.82) is 0 Å². The number of likely N-dealkylation sites (tertiary alicyclic amines) is 1. The number of piperidine rings is 1. The van der Waals surface area contributed by atoms with Gasteiger partial charge in [0, 0.05) is 54.2 Å². The molecule has 12 heteroatoms. The maximum absolute atomic E-state index is 6.75. The van der Waals surface area contributed by atoms with Gasteiger partial charge in [0.2, 0.25) is 0 Å². The molecule has 1 aromatic carbocycles. The van der Waals surface area contributed by atoms with E-state index in [9.17, 15) is 0 Å². The van der Waals surface area contributed by atoms with Gasteiger partial charge in [-0.15, -0.1) is 0 Å². The highest BCUT2D eigenvalue weighted by Gasteiger charge is 2.26. The summed E-state index contributed by atoms with van der Waals surface area (Å²) in [5, 5.41) is 3.03. The number of nitrogens with one attached hydrogen (secondary N) is 1. The van der Waals surface area contributed by atoms with Crippen molar-refractivity contribution in [2.45, 2.75) is 61.3 Å². The third-order valence-corrected chi connectivity index (χ3v) is 8.72. The molecule has 5 heterocycles. The Hall–Kier alpha value is -2.70. The molecule has 2 aliphatic rings. The quantitative estimate of drug-likeness (QED) is 0.262. The highest BCUT2D eigenvalue weighted by atomic mass is 35.5. The van der Waals surface area contributed by atoms with Crippen LogP contribution in [-0.4, -0.2) is 68.1 Å². The zero-order valence-electron chi connectivity index (χ0n) is 21.5. The summed E-state index contributed by atoms with van der Waals surface area (Å²) in [5.74, 6) is 2.06. The number of hydrogen-bond donors (Lipinski definition) is 4. The number of aromatic nitrogens is 5. The number of anilines is 2. The van der Waals surface area contributed by atoms with Gasteiger partial charge in [-0.2, -0.15) is 0 Å². The fourth-order valence-corrected chi connectivity index (χ4v) is 6.44. The van der Waals surface area contributed by atoms with Crippen LogP contribution in [0.25, 0.3) is 21.9 Å². The molecule has 1 unspecified atom stereocenters. The van der Waals surface area contributed by atoms with E-state index in [4.69, 9.17) is 43.8 Å². The minimum absolute atomic E-state index is 0.126. The molecule has 0 aliphatic carbocycles. The van der Waals surface area contributed by atoms with Crippen LogP contribution < -0.4 is 22.1 Å². The number of halogens is 1. The summed E-state index contributed by atoms with van der Waals surface area (Å²) >= 11 is 8.24. The molecule has 0 radical (unpaired) electrons. The Morgan fingerprint density at radius 1 is 1.05 bits per heavy atom. The number of benzene rings is 1. The van der Waals surface area contributed by atoms with Gasteiger partial charge in [0.1, 0.15) is 23.1 Å². The van der Waals surface area contributed by atoms with Gasteiger partial charge in [-0.1, -0.05) is 18.5 Å². The van der Waals surface area contributed by atoms with Crippen molar-refractivity contribution in [2.75, 3.05) is 36.8 Å². The van der Waals surface area contributed by atoms with Crippen molar-refractivity contribution in [1.82, 2.24) is 29.8 Å². The zero-order chi connectivity index (χ0) is 26.4. The van der Waals surface area contributed by atoms with E-state index in [1.54, 1.807) is 0 Å². The Kier molecular flexibility index (Phi) is 7.04. The Morgan fingerprint density at radius 2 is 1.84 bits per heavy atom. The van der Waals surface area contributed by atoms with E-state index in [2.05, 4.69) is 26.7 Å². The van der Waals surface area contributed by atoms with Crippen molar-refractivity contribution in [3.05, 3.63) is 34.7 Å². The number of aromatic amines is 1. The predicted octanol–water partition coefficient (Wildman–Crippen LogP) is 3.31. The first-order valence-electron chi connectivity index (χ1n) is 13.2. The normalized spacial score (nSPS) is 19.3. The maximum atomic E-state index is 6.75. The van der Waals surface area contributed by atoms with Gasteiger partial charge in [-0.05, 0) is 55.6 Å². The molecule has 38 heavy (non-hydrogen) atoms. The van der Waals surface area contributed by atoms with Crippen LogP contribution in [0.5, 0.6) is 0 Å². The van der Waals surface area contributed by atoms with Crippen LogP contribution in [0.15, 0.2) is 28.3 Å². The molecule has 0 bridgehead atoms. The maximum Gasteiger partial charge on any atom is 0.196 e. The molecule has 0 saturated carbocycles. The number of nitrogen functional groups attached to an aromatic ring is 1. The van der Waals surface area contributed by atoms with Gasteiger partial charge < -0.3 is 27.1 Å². The van der Waals surface area contributed by atoms with Crippen LogP contribution >= 0.6 is 23.4 Å². The molecule has 1 atom stereocenters. The lowest BCUT2D eigenvalue weighted by atomic mass is 10.1. The average Bonchev–Trinajstić information content (AvgIpc) is 3.47. The van der Waals surface area contributed by atoms with Crippen molar-refractivity contribution < 1.29 is 0 Å². The smallest absolute Gasteiger partial charge is 0.196 e. The molecule has 2 saturated heterocycles. The van der Waals surface area contributed by atoms with E-state index in [-0.39, 0.29) is 12.1 Å². The monoisotopic (exact) mass is 552 g/mol. The van der Waals surface area contributed by atoms with Crippen LogP contribution in [0, 0.1) is 0 Å². The van der Waals surface area contributed by atoms with E-state index in [1.807, 2.05) is 18.2 Å². The third kappa shape index (κ3) is 5.01. The lowest BCUT2D eigenvalue weighted by molar-refractivity contribution is 0.201. The van der Waals surface area contributed by atoms with E-state index < -0.39 is 0 Å². The van der Waals surface area contributed by atoms with E-state index >= 15 is 0 Å². The third-order valence-electron chi connectivity index (χ3n) is 7.45. The second-order valence-corrected chi connectivity index (χ2v) is 11.7. The molecule has 4 aromatic rings. The minimum Gasteiger partial charge on any atom is -0.383 e. The number of hydrogen-bond acceptors (Lipinski definition) is 10. The van der Waals surface area contributed by atoms with Crippen LogP contribution in [0.3, 0.4) is 0 Å². The van der Waals surface area contributed by atoms with Crippen molar-refractivity contribution >= 4 is 56.9 Å². The summed E-state index contributed by atoms with van der Waals surface area (Å²) in [6.07, 6.45) is 3.70. The number of fused-ring (bicyclic) bond motifs is 2. The summed E-state index contributed by atoms with van der Waals surface area (Å²) in [7, 11) is 0. The Balaban J connectivity index is 1.32. The van der Waals surface area contributed by atoms with Gasteiger partial charge >= 0.3 is 0 Å². The van der Waals surface area contributed by atoms with Gasteiger partial charge in [-0.25, -0.2) is 19.9 Å². The lowest BCUT2D eigenvalue weighted by Crippen LogP contribution is -2.39. The van der Waals surface area contributed by atoms with Gasteiger partial charge in [-0.3, -0.25) is 4.90 Å². The van der Waals surface area contributed by atoms with Crippen molar-refractivity contribution in [2.24, 2.45) is 11.5 Å². The molecule has 3 aromatic heterocycles. The number of H-pyrrole nitrogens is 1. The van der Waals surface area contributed by atoms with Gasteiger partial charge in [0.15, 0.2) is 5.16 Å². The fourth-order valence-electron chi connectivity index (χ4n) is 5.30. The molecule has 6 rings (SSSR count). The van der Waals surface area contributed by atoms with E-state index in [0.29, 0.717) is 22.5 Å². The molecule has 10 nitrogen and oxygen atoms in total.